The number of hydrogen-bond donors (Lipinski definition) is 2. The van der Waals surface area contributed by atoms with Gasteiger partial charge in [0.05, 0.1) is 49.0 Å². The van der Waals surface area contributed by atoms with Crippen LogP contribution >= 0.6 is 0 Å². The van der Waals surface area contributed by atoms with Crippen molar-refractivity contribution in [3.63, 3.8) is 0 Å². The molecule has 0 bridgehead atoms. The van der Waals surface area contributed by atoms with Gasteiger partial charge >= 0.3 is 12.0 Å². The molecule has 0 unspecified atom stereocenters. The predicted molar refractivity (Wildman–Crippen MR) is 181 cm³/mol. The van der Waals surface area contributed by atoms with Gasteiger partial charge < -0.3 is 24.3 Å². The number of ether oxygens (including phenoxy) is 4. The van der Waals surface area contributed by atoms with Crippen LogP contribution in [0.5, 0.6) is 23.4 Å². The highest BCUT2D eigenvalue weighted by atomic mass is 32.2. The van der Waals surface area contributed by atoms with Crippen LogP contribution < -0.4 is 24.2 Å². The number of methoxy groups -OCH3 is 3. The summed E-state index contributed by atoms with van der Waals surface area (Å²) in [7, 11) is -0.386. The van der Waals surface area contributed by atoms with Crippen molar-refractivity contribution in [3.05, 3.63) is 83.9 Å². The third kappa shape index (κ3) is 7.81. The van der Waals surface area contributed by atoms with Crippen molar-refractivity contribution in [2.24, 2.45) is 0 Å². The molecule has 0 spiro atoms. The number of halogens is 3. The molecule has 6 rings (SSSR count). The number of nitrogens with zero attached hydrogens (tertiary/aromatic N) is 3. The summed E-state index contributed by atoms with van der Waals surface area (Å²) in [4.78, 5) is 24.9. The first kappa shape index (κ1) is 35.3. The SMILES string of the molecule is COC(=O)c1cc(Nc2c(S(=O)(=O)NC3CCCCC3)cnc3cc(-c4cnc(OC)nc4OC)cc(F)c23)cc(Oc2cc(F)cc(F)c2)c1. The molecule has 2 N–H and O–H groups in total. The van der Waals surface area contributed by atoms with Gasteiger partial charge in [0.2, 0.25) is 15.9 Å². The number of pyridine rings is 1. The number of carbonyl (C=O) groups excluding carboxylic acids is 1. The normalized spacial score (nSPS) is 13.5. The third-order valence-electron chi connectivity index (χ3n) is 8.19. The third-order valence-corrected chi connectivity index (χ3v) is 9.72. The standard InChI is InChI=1S/C35H32F3N5O7S/c1-47-33-27(17-40-35(42-33)49-3)19-11-28(38)31-29(12-19)39-18-30(51(45,46)43-23-7-5-4-6-8-23)32(31)41-24-9-20(34(44)48-2)10-25(16-24)50-26-14-21(36)13-22(37)15-26/h9-18,23,43H,4-8H2,1-3H3,(H,39,41). The van der Waals surface area contributed by atoms with E-state index in [9.17, 15) is 22.0 Å². The Morgan fingerprint density at radius 2 is 1.57 bits per heavy atom. The van der Waals surface area contributed by atoms with E-state index in [4.69, 9.17) is 18.9 Å². The van der Waals surface area contributed by atoms with Crippen molar-refractivity contribution in [3.8, 4) is 34.5 Å². The molecule has 2 heterocycles. The number of rotatable bonds is 11. The van der Waals surface area contributed by atoms with Gasteiger partial charge in [-0.25, -0.2) is 36.1 Å². The molecule has 0 atom stereocenters. The lowest BCUT2D eigenvalue weighted by molar-refractivity contribution is 0.0600. The van der Waals surface area contributed by atoms with Gasteiger partial charge in [-0.3, -0.25) is 4.98 Å². The number of esters is 1. The fraction of sp³-hybridized carbons (Fsp3) is 0.257. The number of fused-ring (bicyclic) bond motifs is 1. The number of nitrogens with one attached hydrogen (secondary N) is 2. The van der Waals surface area contributed by atoms with E-state index in [2.05, 4.69) is 25.0 Å². The van der Waals surface area contributed by atoms with Crippen LogP contribution in [0.3, 0.4) is 0 Å². The van der Waals surface area contributed by atoms with E-state index >= 15 is 4.39 Å². The Labute approximate surface area is 291 Å². The molecule has 266 valence electrons. The molecule has 12 nitrogen and oxygen atoms in total. The van der Waals surface area contributed by atoms with Crippen molar-refractivity contribution < 1.29 is 45.3 Å². The lowest BCUT2D eigenvalue weighted by atomic mass is 9.96. The summed E-state index contributed by atoms with van der Waals surface area (Å²) in [5, 5.41) is 2.77. The van der Waals surface area contributed by atoms with Gasteiger partial charge in [-0.05, 0) is 42.7 Å². The first-order valence-corrected chi connectivity index (χ1v) is 17.2. The van der Waals surface area contributed by atoms with Crippen LogP contribution in [0.1, 0.15) is 42.5 Å². The van der Waals surface area contributed by atoms with Gasteiger partial charge in [0.25, 0.3) is 0 Å². The zero-order valence-electron chi connectivity index (χ0n) is 27.6. The molecular formula is C35H32F3N5O7S. The van der Waals surface area contributed by atoms with E-state index in [0.29, 0.717) is 24.5 Å². The van der Waals surface area contributed by atoms with E-state index in [-0.39, 0.29) is 67.7 Å². The monoisotopic (exact) mass is 723 g/mol. The lowest BCUT2D eigenvalue weighted by Gasteiger charge is -2.24. The molecule has 0 saturated heterocycles. The predicted octanol–water partition coefficient (Wildman–Crippen LogP) is 7.06. The van der Waals surface area contributed by atoms with Crippen LogP contribution in [0.2, 0.25) is 0 Å². The number of sulfonamides is 1. The first-order valence-electron chi connectivity index (χ1n) is 15.7. The van der Waals surface area contributed by atoms with Gasteiger partial charge in [-0.2, -0.15) is 4.98 Å². The summed E-state index contributed by atoms with van der Waals surface area (Å²) in [6.45, 7) is 0. The molecule has 2 aromatic heterocycles. The molecule has 5 aromatic rings. The summed E-state index contributed by atoms with van der Waals surface area (Å²) in [5.41, 5.74) is 0.437. The van der Waals surface area contributed by atoms with Crippen molar-refractivity contribution in [2.75, 3.05) is 26.6 Å². The van der Waals surface area contributed by atoms with Crippen LogP contribution in [0.15, 0.2) is 65.8 Å². The minimum Gasteiger partial charge on any atom is -0.480 e. The fourth-order valence-electron chi connectivity index (χ4n) is 5.88. The van der Waals surface area contributed by atoms with Gasteiger partial charge in [0.1, 0.15) is 33.8 Å². The number of anilines is 2. The minimum absolute atomic E-state index is 0.0295. The molecule has 3 aromatic carbocycles. The van der Waals surface area contributed by atoms with E-state index in [1.54, 1.807) is 0 Å². The molecule has 51 heavy (non-hydrogen) atoms. The zero-order valence-corrected chi connectivity index (χ0v) is 28.4. The second-order valence-electron chi connectivity index (χ2n) is 11.7. The van der Waals surface area contributed by atoms with E-state index < -0.39 is 33.4 Å². The number of carbonyl (C=O) groups is 1. The van der Waals surface area contributed by atoms with Crippen molar-refractivity contribution in [2.45, 2.75) is 43.0 Å². The van der Waals surface area contributed by atoms with E-state index in [1.807, 2.05) is 0 Å². The summed E-state index contributed by atoms with van der Waals surface area (Å²) in [5.74, 6) is -3.64. The molecule has 1 saturated carbocycles. The highest BCUT2D eigenvalue weighted by molar-refractivity contribution is 7.89. The fourth-order valence-corrected chi connectivity index (χ4v) is 7.30. The molecule has 16 heteroatoms. The van der Waals surface area contributed by atoms with Gasteiger partial charge in [-0.1, -0.05) is 19.3 Å². The summed E-state index contributed by atoms with van der Waals surface area (Å²) in [6.07, 6.45) is 6.46. The molecule has 0 aliphatic heterocycles. The lowest BCUT2D eigenvalue weighted by Crippen LogP contribution is -2.36. The Morgan fingerprint density at radius 3 is 2.25 bits per heavy atom. The Hall–Kier alpha value is -5.48. The molecule has 0 radical (unpaired) electrons. The van der Waals surface area contributed by atoms with E-state index in [1.165, 1.54) is 44.7 Å². The maximum atomic E-state index is 16.4. The molecule has 0 amide bonds. The van der Waals surface area contributed by atoms with Crippen molar-refractivity contribution in [1.82, 2.24) is 19.7 Å². The Kier molecular flexibility index (Phi) is 10.2. The Bertz CT molecular complexity index is 2210. The maximum absolute atomic E-state index is 16.4. The van der Waals surface area contributed by atoms with Crippen LogP contribution in [0, 0.1) is 17.5 Å². The highest BCUT2D eigenvalue weighted by Crippen LogP contribution is 2.39. The van der Waals surface area contributed by atoms with Gasteiger partial charge in [0.15, 0.2) is 0 Å². The maximum Gasteiger partial charge on any atom is 0.338 e. The van der Waals surface area contributed by atoms with Crippen LogP contribution in [0.25, 0.3) is 22.0 Å². The summed E-state index contributed by atoms with van der Waals surface area (Å²) in [6, 6.07) is 8.85. The Balaban J connectivity index is 1.51. The number of benzene rings is 3. The smallest absolute Gasteiger partial charge is 0.338 e. The highest BCUT2D eigenvalue weighted by Gasteiger charge is 2.28. The molecular weight excluding hydrogens is 691 g/mol. The van der Waals surface area contributed by atoms with Gasteiger partial charge in [0, 0.05) is 48.4 Å². The topological polar surface area (TPSA) is 151 Å². The van der Waals surface area contributed by atoms with E-state index in [0.717, 1.165) is 50.8 Å². The Morgan fingerprint density at radius 1 is 0.843 bits per heavy atom. The quantitative estimate of drug-likeness (QED) is 0.135. The minimum atomic E-state index is -4.30. The molecule has 1 aliphatic carbocycles. The van der Waals surface area contributed by atoms with Crippen molar-refractivity contribution in [1.29, 1.82) is 0 Å². The van der Waals surface area contributed by atoms with Crippen molar-refractivity contribution >= 4 is 38.3 Å². The van der Waals surface area contributed by atoms with Gasteiger partial charge in [-0.15, -0.1) is 0 Å². The summed E-state index contributed by atoms with van der Waals surface area (Å²) < 4.78 is 96.0. The second-order valence-corrected chi connectivity index (χ2v) is 13.3. The first-order chi connectivity index (χ1) is 24.5. The summed E-state index contributed by atoms with van der Waals surface area (Å²) >= 11 is 0. The zero-order chi connectivity index (χ0) is 36.3. The number of hydrogen-bond acceptors (Lipinski definition) is 11. The van der Waals surface area contributed by atoms with Crippen LogP contribution in [0.4, 0.5) is 24.5 Å². The largest absolute Gasteiger partial charge is 0.480 e. The van der Waals surface area contributed by atoms with Crippen LogP contribution in [-0.2, 0) is 14.8 Å². The average molecular weight is 724 g/mol. The molecule has 1 aliphatic rings. The second kappa shape index (κ2) is 14.8. The average Bonchev–Trinajstić information content (AvgIpc) is 3.10. The van der Waals surface area contributed by atoms with Crippen LogP contribution in [-0.4, -0.2) is 56.7 Å². The molecule has 1 fully saturated rings. The number of aromatic nitrogens is 3.